The molecule has 0 saturated carbocycles. The molecule has 0 fully saturated rings. The second-order valence-corrected chi connectivity index (χ2v) is 9.79. The number of imide groups is 1. The summed E-state index contributed by atoms with van der Waals surface area (Å²) in [6, 6.07) is 9.02. The van der Waals surface area contributed by atoms with Gasteiger partial charge in [0.05, 0.1) is 5.69 Å². The second kappa shape index (κ2) is 10.6. The van der Waals surface area contributed by atoms with Gasteiger partial charge < -0.3 is 24.3 Å². The zero-order valence-corrected chi connectivity index (χ0v) is 21.3. The molecule has 3 rings (SSSR count). The van der Waals surface area contributed by atoms with Crippen LogP contribution in [0.3, 0.4) is 0 Å². The maximum absolute atomic E-state index is 12.8. The highest BCUT2D eigenvalue weighted by molar-refractivity contribution is 6.08. The molecule has 37 heavy (non-hydrogen) atoms. The SMILES string of the molecule is CC(C)(C)OC(=O)N(C(=O)OC(C)(C)C)c1ccc(-c2cc(Oc3ccc([N+](=O)[O-])nc3)ccn2)cn1. The smallest absolute Gasteiger partial charge is 0.425 e. The molecule has 3 aromatic heterocycles. The topological polar surface area (TPSA) is 147 Å². The first-order chi connectivity index (χ1) is 17.2. The summed E-state index contributed by atoms with van der Waals surface area (Å²) in [7, 11) is 0. The summed E-state index contributed by atoms with van der Waals surface area (Å²) in [5.41, 5.74) is -0.626. The number of ether oxygens (including phenoxy) is 3. The number of carbonyl (C=O) groups excluding carboxylic acids is 2. The number of rotatable bonds is 5. The molecule has 0 aromatic carbocycles. The number of nitrogens with zero attached hydrogens (tertiary/aromatic N) is 5. The van der Waals surface area contributed by atoms with E-state index in [0.29, 0.717) is 22.8 Å². The average Bonchev–Trinajstić information content (AvgIpc) is 2.78. The number of nitro groups is 1. The van der Waals surface area contributed by atoms with E-state index >= 15 is 0 Å². The zero-order valence-electron chi connectivity index (χ0n) is 21.3. The van der Waals surface area contributed by atoms with E-state index in [0.717, 1.165) is 4.90 Å². The Hall–Kier alpha value is -4.61. The lowest BCUT2D eigenvalue weighted by atomic mass is 10.2. The number of hydrogen-bond donors (Lipinski definition) is 0. The van der Waals surface area contributed by atoms with Crippen LogP contribution in [0.4, 0.5) is 21.2 Å². The lowest BCUT2D eigenvalue weighted by Crippen LogP contribution is -2.44. The van der Waals surface area contributed by atoms with Gasteiger partial charge in [0.1, 0.15) is 22.8 Å². The Balaban J connectivity index is 1.84. The third-order valence-electron chi connectivity index (χ3n) is 4.30. The fourth-order valence-electron chi connectivity index (χ4n) is 2.86. The first kappa shape index (κ1) is 27.0. The van der Waals surface area contributed by atoms with E-state index < -0.39 is 28.3 Å². The van der Waals surface area contributed by atoms with Crippen molar-refractivity contribution in [1.82, 2.24) is 15.0 Å². The lowest BCUT2D eigenvalue weighted by molar-refractivity contribution is -0.389. The largest absolute Gasteiger partial charge is 0.453 e. The van der Waals surface area contributed by atoms with Gasteiger partial charge in [-0.1, -0.05) is 0 Å². The minimum absolute atomic E-state index is 0.0107. The Bertz CT molecular complexity index is 1250. The van der Waals surface area contributed by atoms with Crippen LogP contribution in [-0.2, 0) is 9.47 Å². The van der Waals surface area contributed by atoms with Crippen LogP contribution in [0.15, 0.2) is 55.0 Å². The molecule has 2 amide bonds. The fourth-order valence-corrected chi connectivity index (χ4v) is 2.86. The van der Waals surface area contributed by atoms with Gasteiger partial charge in [-0.15, -0.1) is 0 Å². The molecule has 0 bridgehead atoms. The minimum Gasteiger partial charge on any atom is -0.453 e. The van der Waals surface area contributed by atoms with Crippen LogP contribution in [-0.4, -0.2) is 43.3 Å². The van der Waals surface area contributed by atoms with Gasteiger partial charge >= 0.3 is 18.0 Å². The van der Waals surface area contributed by atoms with Crippen LogP contribution < -0.4 is 9.64 Å². The normalized spacial score (nSPS) is 11.4. The molecule has 0 saturated heterocycles. The Morgan fingerprint density at radius 3 is 1.97 bits per heavy atom. The molecule has 0 aliphatic heterocycles. The van der Waals surface area contributed by atoms with E-state index in [1.54, 1.807) is 59.7 Å². The third-order valence-corrected chi connectivity index (χ3v) is 4.30. The number of anilines is 1. The highest BCUT2D eigenvalue weighted by atomic mass is 16.6. The van der Waals surface area contributed by atoms with Gasteiger partial charge in [-0.25, -0.2) is 14.6 Å². The van der Waals surface area contributed by atoms with Crippen molar-refractivity contribution in [1.29, 1.82) is 0 Å². The predicted molar refractivity (Wildman–Crippen MR) is 133 cm³/mol. The Kier molecular flexibility index (Phi) is 7.70. The van der Waals surface area contributed by atoms with E-state index in [9.17, 15) is 19.7 Å². The Morgan fingerprint density at radius 2 is 1.49 bits per heavy atom. The van der Waals surface area contributed by atoms with Crippen LogP contribution in [0.25, 0.3) is 11.3 Å². The van der Waals surface area contributed by atoms with Crippen molar-refractivity contribution in [2.45, 2.75) is 52.7 Å². The molecule has 0 spiro atoms. The monoisotopic (exact) mass is 509 g/mol. The fraction of sp³-hybridized carbons (Fsp3) is 0.320. The molecule has 0 radical (unpaired) electrons. The number of carbonyl (C=O) groups is 2. The standard InChI is InChI=1S/C25H27N5O7/c1-24(2,3)36-22(31)29(23(32)37-25(4,5)6)20-9-7-16(14-27-20)19-13-17(11-12-26-19)35-18-8-10-21(28-15-18)30(33)34/h7-15H,1-6H3. The third kappa shape index (κ3) is 7.69. The number of pyridine rings is 3. The molecule has 0 aliphatic carbocycles. The molecule has 0 aliphatic rings. The predicted octanol–water partition coefficient (Wildman–Crippen LogP) is 5.92. The van der Waals surface area contributed by atoms with Crippen molar-refractivity contribution in [3.63, 3.8) is 0 Å². The van der Waals surface area contributed by atoms with Crippen LogP contribution in [0.2, 0.25) is 0 Å². The molecule has 3 heterocycles. The maximum atomic E-state index is 12.8. The summed E-state index contributed by atoms with van der Waals surface area (Å²) in [6.45, 7) is 10.1. The van der Waals surface area contributed by atoms with Crippen molar-refractivity contribution in [2.24, 2.45) is 0 Å². The molecular formula is C25H27N5O7. The van der Waals surface area contributed by atoms with Crippen LogP contribution >= 0.6 is 0 Å². The summed E-state index contributed by atoms with van der Waals surface area (Å²) in [6.07, 6.45) is 2.36. The number of hydrogen-bond acceptors (Lipinski definition) is 10. The molecule has 0 N–H and O–H groups in total. The van der Waals surface area contributed by atoms with Crippen LogP contribution in [0, 0.1) is 10.1 Å². The average molecular weight is 510 g/mol. The van der Waals surface area contributed by atoms with E-state index in [-0.39, 0.29) is 11.6 Å². The van der Waals surface area contributed by atoms with Crippen molar-refractivity contribution in [2.75, 3.05) is 4.90 Å². The van der Waals surface area contributed by atoms with Gasteiger partial charge in [-0.2, -0.15) is 4.90 Å². The van der Waals surface area contributed by atoms with Gasteiger partial charge in [0.25, 0.3) is 0 Å². The summed E-state index contributed by atoms with van der Waals surface area (Å²) in [5.74, 6) is 0.438. The highest BCUT2D eigenvalue weighted by Crippen LogP contribution is 2.27. The molecular weight excluding hydrogens is 482 g/mol. The second-order valence-electron chi connectivity index (χ2n) is 9.79. The number of amides is 2. The Morgan fingerprint density at radius 1 is 0.838 bits per heavy atom. The van der Waals surface area contributed by atoms with Gasteiger partial charge in [0.2, 0.25) is 0 Å². The van der Waals surface area contributed by atoms with Crippen LogP contribution in [0.5, 0.6) is 11.5 Å². The van der Waals surface area contributed by atoms with Crippen molar-refractivity contribution in [3.8, 4) is 22.8 Å². The van der Waals surface area contributed by atoms with Crippen molar-refractivity contribution < 1.29 is 28.7 Å². The van der Waals surface area contributed by atoms with Gasteiger partial charge in [0, 0.05) is 30.1 Å². The van der Waals surface area contributed by atoms with E-state index in [1.165, 1.54) is 36.8 Å². The zero-order chi connectivity index (χ0) is 27.4. The summed E-state index contributed by atoms with van der Waals surface area (Å²) in [4.78, 5) is 48.8. The van der Waals surface area contributed by atoms with Crippen molar-refractivity contribution in [3.05, 3.63) is 65.1 Å². The van der Waals surface area contributed by atoms with Crippen LogP contribution in [0.1, 0.15) is 41.5 Å². The highest BCUT2D eigenvalue weighted by Gasteiger charge is 2.33. The van der Waals surface area contributed by atoms with Gasteiger partial charge in [0.15, 0.2) is 11.9 Å². The van der Waals surface area contributed by atoms with E-state index in [2.05, 4.69) is 15.0 Å². The van der Waals surface area contributed by atoms with Gasteiger partial charge in [-0.05, 0) is 75.7 Å². The molecule has 0 unspecified atom stereocenters. The first-order valence-corrected chi connectivity index (χ1v) is 11.2. The minimum atomic E-state index is -0.924. The van der Waals surface area contributed by atoms with Crippen molar-refractivity contribution >= 4 is 23.8 Å². The molecule has 3 aromatic rings. The lowest BCUT2D eigenvalue weighted by Gasteiger charge is -2.28. The maximum Gasteiger partial charge on any atom is 0.425 e. The molecule has 0 atom stereocenters. The molecule has 194 valence electrons. The number of aromatic nitrogens is 3. The molecule has 12 nitrogen and oxygen atoms in total. The van der Waals surface area contributed by atoms with E-state index in [1.807, 2.05) is 0 Å². The Labute approximate surface area is 213 Å². The summed E-state index contributed by atoms with van der Waals surface area (Å²) >= 11 is 0. The van der Waals surface area contributed by atoms with E-state index in [4.69, 9.17) is 14.2 Å². The summed E-state index contributed by atoms with van der Waals surface area (Å²) < 4.78 is 16.5. The van der Waals surface area contributed by atoms with Gasteiger partial charge in [-0.3, -0.25) is 4.98 Å². The first-order valence-electron chi connectivity index (χ1n) is 11.2. The quantitative estimate of drug-likeness (QED) is 0.300. The summed E-state index contributed by atoms with van der Waals surface area (Å²) in [5, 5.41) is 10.8. The molecule has 12 heteroatoms.